The van der Waals surface area contributed by atoms with Gasteiger partial charge in [0.05, 0.1) is 0 Å². The SMILES string of the molecule is CC(CNC1CCC1C)NC(=O)OC(C)(C)C. The van der Waals surface area contributed by atoms with Gasteiger partial charge in [-0.15, -0.1) is 0 Å². The number of hydrogen-bond donors (Lipinski definition) is 2. The molecule has 3 unspecified atom stereocenters. The number of hydrogen-bond acceptors (Lipinski definition) is 3. The van der Waals surface area contributed by atoms with Crippen molar-refractivity contribution < 1.29 is 9.53 Å². The molecular formula is C13H26N2O2. The van der Waals surface area contributed by atoms with Gasteiger partial charge in [0.1, 0.15) is 5.60 Å². The molecule has 1 aliphatic rings. The van der Waals surface area contributed by atoms with Crippen LogP contribution in [0.2, 0.25) is 0 Å². The topological polar surface area (TPSA) is 50.4 Å². The normalized spacial score (nSPS) is 25.9. The van der Waals surface area contributed by atoms with Gasteiger partial charge in [0.25, 0.3) is 0 Å². The van der Waals surface area contributed by atoms with Crippen molar-refractivity contribution in [1.29, 1.82) is 0 Å². The number of nitrogens with one attached hydrogen (secondary N) is 2. The van der Waals surface area contributed by atoms with Gasteiger partial charge in [0, 0.05) is 18.6 Å². The number of alkyl carbamates (subject to hydrolysis) is 1. The van der Waals surface area contributed by atoms with Gasteiger partial charge in [-0.25, -0.2) is 4.79 Å². The summed E-state index contributed by atoms with van der Waals surface area (Å²) in [5, 5.41) is 6.30. The highest BCUT2D eigenvalue weighted by Gasteiger charge is 2.26. The van der Waals surface area contributed by atoms with Crippen molar-refractivity contribution in [2.45, 2.75) is 65.1 Å². The first-order chi connectivity index (χ1) is 7.78. The minimum Gasteiger partial charge on any atom is -0.444 e. The van der Waals surface area contributed by atoms with E-state index < -0.39 is 5.60 Å². The second kappa shape index (κ2) is 5.71. The van der Waals surface area contributed by atoms with Crippen LogP contribution >= 0.6 is 0 Å². The van der Waals surface area contributed by atoms with Crippen molar-refractivity contribution in [3.63, 3.8) is 0 Å². The monoisotopic (exact) mass is 242 g/mol. The predicted octanol–water partition coefficient (Wildman–Crippen LogP) is 2.29. The molecule has 0 aliphatic heterocycles. The van der Waals surface area contributed by atoms with Gasteiger partial charge < -0.3 is 15.4 Å². The second-order valence-corrected chi connectivity index (χ2v) is 6.12. The zero-order chi connectivity index (χ0) is 13.1. The molecule has 0 aromatic rings. The molecule has 4 nitrogen and oxygen atoms in total. The van der Waals surface area contributed by atoms with E-state index >= 15 is 0 Å². The molecule has 1 aliphatic carbocycles. The van der Waals surface area contributed by atoms with Crippen LogP contribution in [0.4, 0.5) is 4.79 Å². The Labute approximate surface area is 104 Å². The minimum absolute atomic E-state index is 0.0950. The molecule has 1 amide bonds. The molecule has 0 aromatic heterocycles. The van der Waals surface area contributed by atoms with E-state index in [1.807, 2.05) is 27.7 Å². The quantitative estimate of drug-likeness (QED) is 0.795. The number of carbonyl (C=O) groups is 1. The zero-order valence-electron chi connectivity index (χ0n) is 11.7. The molecule has 1 fully saturated rings. The summed E-state index contributed by atoms with van der Waals surface area (Å²) in [7, 11) is 0. The van der Waals surface area contributed by atoms with Crippen LogP contribution in [0.25, 0.3) is 0 Å². The summed E-state index contributed by atoms with van der Waals surface area (Å²) >= 11 is 0. The average Bonchev–Trinajstić information content (AvgIpc) is 2.12. The van der Waals surface area contributed by atoms with Gasteiger partial charge in [-0.3, -0.25) is 0 Å². The number of amides is 1. The summed E-state index contributed by atoms with van der Waals surface area (Å²) in [6.45, 7) is 10.6. The van der Waals surface area contributed by atoms with Crippen molar-refractivity contribution in [1.82, 2.24) is 10.6 Å². The Kier molecular flexibility index (Phi) is 4.80. The Bertz CT molecular complexity index is 261. The zero-order valence-corrected chi connectivity index (χ0v) is 11.7. The Morgan fingerprint density at radius 3 is 2.47 bits per heavy atom. The third kappa shape index (κ3) is 5.39. The fourth-order valence-electron chi connectivity index (χ4n) is 1.86. The Morgan fingerprint density at radius 1 is 1.41 bits per heavy atom. The van der Waals surface area contributed by atoms with Crippen LogP contribution < -0.4 is 10.6 Å². The fourth-order valence-corrected chi connectivity index (χ4v) is 1.86. The first-order valence-electron chi connectivity index (χ1n) is 6.51. The molecule has 1 rings (SSSR count). The minimum atomic E-state index is -0.431. The predicted molar refractivity (Wildman–Crippen MR) is 69.0 cm³/mol. The van der Waals surface area contributed by atoms with Gasteiger partial charge in [0.2, 0.25) is 0 Å². The van der Waals surface area contributed by atoms with Crippen LogP contribution in [0.3, 0.4) is 0 Å². The molecule has 17 heavy (non-hydrogen) atoms. The van der Waals surface area contributed by atoms with Crippen LogP contribution in [-0.4, -0.2) is 30.3 Å². The van der Waals surface area contributed by atoms with Crippen LogP contribution in [0, 0.1) is 5.92 Å². The van der Waals surface area contributed by atoms with Crippen LogP contribution in [0.1, 0.15) is 47.5 Å². The highest BCUT2D eigenvalue weighted by molar-refractivity contribution is 5.68. The molecule has 0 heterocycles. The van der Waals surface area contributed by atoms with Gasteiger partial charge in [-0.1, -0.05) is 6.92 Å². The Balaban J connectivity index is 2.15. The molecular weight excluding hydrogens is 216 g/mol. The van der Waals surface area contributed by atoms with Gasteiger partial charge in [-0.2, -0.15) is 0 Å². The van der Waals surface area contributed by atoms with E-state index in [4.69, 9.17) is 4.74 Å². The molecule has 0 bridgehead atoms. The molecule has 0 radical (unpaired) electrons. The smallest absolute Gasteiger partial charge is 0.407 e. The molecule has 1 saturated carbocycles. The van der Waals surface area contributed by atoms with E-state index in [-0.39, 0.29) is 12.1 Å². The van der Waals surface area contributed by atoms with Gasteiger partial charge >= 0.3 is 6.09 Å². The molecule has 0 saturated heterocycles. The largest absolute Gasteiger partial charge is 0.444 e. The number of carbonyl (C=O) groups excluding carboxylic acids is 1. The Hall–Kier alpha value is -0.770. The summed E-state index contributed by atoms with van der Waals surface area (Å²) in [6.07, 6.45) is 2.22. The molecule has 0 aromatic carbocycles. The van der Waals surface area contributed by atoms with Crippen LogP contribution in [0.5, 0.6) is 0 Å². The summed E-state index contributed by atoms with van der Waals surface area (Å²) < 4.78 is 5.20. The van der Waals surface area contributed by atoms with Gasteiger partial charge in [-0.05, 0) is 46.5 Å². The van der Waals surface area contributed by atoms with Crippen LogP contribution in [-0.2, 0) is 4.74 Å². The summed E-state index contributed by atoms with van der Waals surface area (Å²) in [6, 6.07) is 0.718. The average molecular weight is 242 g/mol. The van der Waals surface area contributed by atoms with Crippen LogP contribution in [0.15, 0.2) is 0 Å². The maximum Gasteiger partial charge on any atom is 0.407 e. The highest BCUT2D eigenvalue weighted by atomic mass is 16.6. The number of ether oxygens (including phenoxy) is 1. The van der Waals surface area contributed by atoms with Crippen molar-refractivity contribution >= 4 is 6.09 Å². The van der Waals surface area contributed by atoms with Crippen molar-refractivity contribution in [3.05, 3.63) is 0 Å². The first kappa shape index (κ1) is 14.3. The van der Waals surface area contributed by atoms with Gasteiger partial charge in [0.15, 0.2) is 0 Å². The summed E-state index contributed by atoms with van der Waals surface area (Å²) in [5.41, 5.74) is -0.431. The Morgan fingerprint density at radius 2 is 2.06 bits per heavy atom. The maximum absolute atomic E-state index is 11.5. The third-order valence-electron chi connectivity index (χ3n) is 3.07. The lowest BCUT2D eigenvalue weighted by Gasteiger charge is -2.35. The highest BCUT2D eigenvalue weighted by Crippen LogP contribution is 2.26. The van der Waals surface area contributed by atoms with E-state index in [9.17, 15) is 4.79 Å². The third-order valence-corrected chi connectivity index (χ3v) is 3.07. The second-order valence-electron chi connectivity index (χ2n) is 6.12. The lowest BCUT2D eigenvalue weighted by Crippen LogP contribution is -2.49. The standard InChI is InChI=1S/C13H26N2O2/c1-9-6-7-11(9)14-8-10(2)15-12(16)17-13(3,4)5/h9-11,14H,6-8H2,1-5H3,(H,15,16). The summed E-state index contributed by atoms with van der Waals surface area (Å²) in [5.74, 6) is 0.767. The van der Waals surface area contributed by atoms with E-state index in [0.29, 0.717) is 6.04 Å². The van der Waals surface area contributed by atoms with E-state index in [1.54, 1.807) is 0 Å². The lowest BCUT2D eigenvalue weighted by atomic mass is 9.81. The van der Waals surface area contributed by atoms with E-state index in [0.717, 1.165) is 12.5 Å². The maximum atomic E-state index is 11.5. The molecule has 100 valence electrons. The molecule has 2 N–H and O–H groups in total. The first-order valence-corrected chi connectivity index (χ1v) is 6.51. The molecule has 3 atom stereocenters. The number of rotatable bonds is 4. The van der Waals surface area contributed by atoms with Crippen molar-refractivity contribution in [3.8, 4) is 0 Å². The lowest BCUT2D eigenvalue weighted by molar-refractivity contribution is 0.0505. The van der Waals surface area contributed by atoms with E-state index in [1.165, 1.54) is 12.8 Å². The molecule has 4 heteroatoms. The summed E-state index contributed by atoms with van der Waals surface area (Å²) in [4.78, 5) is 11.5. The van der Waals surface area contributed by atoms with E-state index in [2.05, 4.69) is 17.6 Å². The fraction of sp³-hybridized carbons (Fsp3) is 0.923. The van der Waals surface area contributed by atoms with Crippen molar-refractivity contribution in [2.75, 3.05) is 6.54 Å². The van der Waals surface area contributed by atoms with Crippen molar-refractivity contribution in [2.24, 2.45) is 5.92 Å². The molecule has 0 spiro atoms.